The molecule has 1 N–H and O–H groups in total. The first kappa shape index (κ1) is 14.9. The fraction of sp³-hybridized carbons (Fsp3) is 0.400. The zero-order valence-electron chi connectivity index (χ0n) is 11.3. The molecule has 0 saturated carbocycles. The second-order valence-electron chi connectivity index (χ2n) is 4.47. The molecule has 0 aliphatic rings. The van der Waals surface area contributed by atoms with Gasteiger partial charge >= 0.3 is 0 Å². The number of nitrogens with zero attached hydrogens (tertiary/aromatic N) is 1. The standard InChI is InChI=1S/C15H21NOS/c1-5-6-11(2)7-8-15(17)12(3)9-14-10-18-13(4)16-14/h5,7,9-10,15,17H,1,6,8H2,2-4H3/b11-7+,12-9+/t15-/m0/s1. The number of hydrogen-bond donors (Lipinski definition) is 1. The normalized spacial score (nSPS) is 14.7. The van der Waals surface area contributed by atoms with Gasteiger partial charge in [0.25, 0.3) is 0 Å². The Hall–Kier alpha value is -1.19. The van der Waals surface area contributed by atoms with Gasteiger partial charge in [-0.1, -0.05) is 17.7 Å². The maximum Gasteiger partial charge on any atom is 0.0901 e. The number of aliphatic hydroxyl groups excluding tert-OH is 1. The summed E-state index contributed by atoms with van der Waals surface area (Å²) in [4.78, 5) is 4.36. The molecular weight excluding hydrogens is 242 g/mol. The van der Waals surface area contributed by atoms with E-state index in [4.69, 9.17) is 0 Å². The van der Waals surface area contributed by atoms with E-state index in [1.54, 1.807) is 11.3 Å². The van der Waals surface area contributed by atoms with Crippen molar-refractivity contribution in [2.45, 2.75) is 39.7 Å². The zero-order chi connectivity index (χ0) is 13.5. The number of aromatic nitrogens is 1. The first-order valence-corrected chi connectivity index (χ1v) is 6.95. The molecule has 1 atom stereocenters. The summed E-state index contributed by atoms with van der Waals surface area (Å²) in [5.74, 6) is 0. The van der Waals surface area contributed by atoms with Crippen molar-refractivity contribution in [1.82, 2.24) is 4.98 Å². The predicted octanol–water partition coefficient (Wildman–Crippen LogP) is 4.13. The summed E-state index contributed by atoms with van der Waals surface area (Å²) < 4.78 is 0. The summed E-state index contributed by atoms with van der Waals surface area (Å²) in [6.07, 6.45) is 6.97. The van der Waals surface area contributed by atoms with Crippen molar-refractivity contribution in [2.24, 2.45) is 0 Å². The molecule has 1 rings (SSSR count). The fourth-order valence-electron chi connectivity index (χ4n) is 1.59. The highest BCUT2D eigenvalue weighted by molar-refractivity contribution is 7.09. The van der Waals surface area contributed by atoms with Gasteiger partial charge in [-0.3, -0.25) is 0 Å². The van der Waals surface area contributed by atoms with Crippen molar-refractivity contribution in [2.75, 3.05) is 0 Å². The van der Waals surface area contributed by atoms with Crippen LogP contribution in [0, 0.1) is 6.92 Å². The molecule has 0 unspecified atom stereocenters. The second-order valence-corrected chi connectivity index (χ2v) is 5.54. The van der Waals surface area contributed by atoms with Crippen LogP contribution in [0.1, 0.15) is 37.4 Å². The average molecular weight is 263 g/mol. The molecule has 2 nitrogen and oxygen atoms in total. The van der Waals surface area contributed by atoms with Crippen LogP contribution in [0.2, 0.25) is 0 Å². The van der Waals surface area contributed by atoms with Gasteiger partial charge < -0.3 is 5.11 Å². The van der Waals surface area contributed by atoms with Gasteiger partial charge in [-0.2, -0.15) is 0 Å². The Labute approximate surface area is 113 Å². The second kappa shape index (κ2) is 7.29. The molecule has 1 aromatic heterocycles. The molecule has 98 valence electrons. The lowest BCUT2D eigenvalue weighted by Gasteiger charge is -2.08. The summed E-state index contributed by atoms with van der Waals surface area (Å²) in [6.45, 7) is 9.67. The quantitative estimate of drug-likeness (QED) is 0.783. The van der Waals surface area contributed by atoms with Crippen LogP contribution in [-0.4, -0.2) is 16.2 Å². The molecule has 0 aliphatic carbocycles. The van der Waals surface area contributed by atoms with Crippen LogP contribution in [0.5, 0.6) is 0 Å². The monoisotopic (exact) mass is 263 g/mol. The molecule has 0 aliphatic heterocycles. The average Bonchev–Trinajstić information content (AvgIpc) is 2.72. The molecule has 0 amide bonds. The number of rotatable bonds is 6. The van der Waals surface area contributed by atoms with E-state index in [9.17, 15) is 5.11 Å². The fourth-order valence-corrected chi connectivity index (χ4v) is 2.16. The van der Waals surface area contributed by atoms with Crippen molar-refractivity contribution in [1.29, 1.82) is 0 Å². The maximum atomic E-state index is 10.0. The molecule has 0 radical (unpaired) electrons. The van der Waals surface area contributed by atoms with Gasteiger partial charge in [0, 0.05) is 5.38 Å². The SMILES string of the molecule is C=CC/C(C)=C/C[C@H](O)/C(C)=C/c1csc(C)n1. The molecule has 0 saturated heterocycles. The lowest BCUT2D eigenvalue weighted by atomic mass is 10.0. The van der Waals surface area contributed by atoms with Crippen LogP contribution in [0.3, 0.4) is 0 Å². The first-order chi connectivity index (χ1) is 8.52. The summed E-state index contributed by atoms with van der Waals surface area (Å²) in [5, 5.41) is 13.1. The van der Waals surface area contributed by atoms with Crippen molar-refractivity contribution < 1.29 is 5.11 Å². The highest BCUT2D eigenvalue weighted by Crippen LogP contribution is 2.15. The first-order valence-electron chi connectivity index (χ1n) is 6.08. The van der Waals surface area contributed by atoms with Crippen LogP contribution in [0.4, 0.5) is 0 Å². The number of aryl methyl sites for hydroxylation is 1. The number of aliphatic hydroxyl groups is 1. The van der Waals surface area contributed by atoms with Gasteiger partial charge in [0.15, 0.2) is 0 Å². The minimum absolute atomic E-state index is 0.438. The van der Waals surface area contributed by atoms with Crippen molar-refractivity contribution in [3.05, 3.63) is 46.0 Å². The smallest absolute Gasteiger partial charge is 0.0901 e. The maximum absolute atomic E-state index is 10.0. The van der Waals surface area contributed by atoms with E-state index in [0.29, 0.717) is 6.42 Å². The minimum Gasteiger partial charge on any atom is -0.388 e. The van der Waals surface area contributed by atoms with Gasteiger partial charge in [0.2, 0.25) is 0 Å². The summed E-state index contributed by atoms with van der Waals surface area (Å²) in [7, 11) is 0. The van der Waals surface area contributed by atoms with E-state index < -0.39 is 6.10 Å². The molecule has 0 bridgehead atoms. The number of allylic oxidation sites excluding steroid dienone is 2. The Morgan fingerprint density at radius 3 is 2.83 bits per heavy atom. The summed E-state index contributed by atoms with van der Waals surface area (Å²) in [5.41, 5.74) is 3.12. The summed E-state index contributed by atoms with van der Waals surface area (Å²) >= 11 is 1.62. The minimum atomic E-state index is -0.438. The van der Waals surface area contributed by atoms with Gasteiger partial charge in [0.1, 0.15) is 0 Å². The highest BCUT2D eigenvalue weighted by Gasteiger charge is 2.05. The summed E-state index contributed by atoms with van der Waals surface area (Å²) in [6, 6.07) is 0. The third-order valence-corrected chi connectivity index (χ3v) is 3.49. The van der Waals surface area contributed by atoms with Crippen LogP contribution in [0.25, 0.3) is 6.08 Å². The van der Waals surface area contributed by atoms with Gasteiger partial charge in [0.05, 0.1) is 16.8 Å². The lowest BCUT2D eigenvalue weighted by Crippen LogP contribution is -2.06. The van der Waals surface area contributed by atoms with Gasteiger partial charge in [-0.05, 0) is 45.3 Å². The van der Waals surface area contributed by atoms with E-state index in [2.05, 4.69) is 24.6 Å². The van der Waals surface area contributed by atoms with Crippen molar-refractivity contribution in [3.8, 4) is 0 Å². The van der Waals surface area contributed by atoms with Gasteiger partial charge in [-0.15, -0.1) is 17.9 Å². The van der Waals surface area contributed by atoms with E-state index in [1.807, 2.05) is 31.4 Å². The van der Waals surface area contributed by atoms with Crippen LogP contribution < -0.4 is 0 Å². The third kappa shape index (κ3) is 4.98. The Balaban J connectivity index is 2.61. The molecule has 18 heavy (non-hydrogen) atoms. The Morgan fingerprint density at radius 2 is 2.28 bits per heavy atom. The van der Waals surface area contributed by atoms with Crippen LogP contribution >= 0.6 is 11.3 Å². The van der Waals surface area contributed by atoms with Gasteiger partial charge in [-0.25, -0.2) is 4.98 Å². The number of hydrogen-bond acceptors (Lipinski definition) is 3. The molecule has 3 heteroatoms. The molecule has 0 spiro atoms. The molecule has 0 fully saturated rings. The highest BCUT2D eigenvalue weighted by atomic mass is 32.1. The molecule has 1 heterocycles. The van der Waals surface area contributed by atoms with E-state index in [-0.39, 0.29) is 0 Å². The molecular formula is C15H21NOS. The largest absolute Gasteiger partial charge is 0.388 e. The third-order valence-electron chi connectivity index (χ3n) is 2.69. The Kier molecular flexibility index (Phi) is 6.02. The molecule has 1 aromatic rings. The number of thiazole rings is 1. The van der Waals surface area contributed by atoms with Crippen molar-refractivity contribution in [3.63, 3.8) is 0 Å². The van der Waals surface area contributed by atoms with E-state index >= 15 is 0 Å². The van der Waals surface area contributed by atoms with Crippen molar-refractivity contribution >= 4 is 17.4 Å². The van der Waals surface area contributed by atoms with Crippen LogP contribution in [0.15, 0.2) is 35.3 Å². The van der Waals surface area contributed by atoms with Crippen LogP contribution in [-0.2, 0) is 0 Å². The Bertz CT molecular complexity index is 457. The predicted molar refractivity (Wildman–Crippen MR) is 79.7 cm³/mol. The van der Waals surface area contributed by atoms with E-state index in [0.717, 1.165) is 22.7 Å². The van der Waals surface area contributed by atoms with E-state index in [1.165, 1.54) is 5.57 Å². The molecule has 0 aromatic carbocycles. The lowest BCUT2D eigenvalue weighted by molar-refractivity contribution is 0.215. The Morgan fingerprint density at radius 1 is 1.56 bits per heavy atom. The topological polar surface area (TPSA) is 33.1 Å². The zero-order valence-corrected chi connectivity index (χ0v) is 12.1.